The molecule has 0 bridgehead atoms. The van der Waals surface area contributed by atoms with Gasteiger partial charge in [-0.2, -0.15) is 0 Å². The van der Waals surface area contributed by atoms with Crippen LogP contribution in [0.1, 0.15) is 6.42 Å². The van der Waals surface area contributed by atoms with Crippen molar-refractivity contribution in [2.45, 2.75) is 11.3 Å². The summed E-state index contributed by atoms with van der Waals surface area (Å²) in [5, 5.41) is 0. The molecule has 0 spiro atoms. The van der Waals surface area contributed by atoms with Crippen LogP contribution in [0.25, 0.3) is 0 Å². The molecule has 1 aromatic rings. The number of amides is 1. The van der Waals surface area contributed by atoms with Crippen LogP contribution < -0.4 is 10.5 Å². The highest BCUT2D eigenvalue weighted by Crippen LogP contribution is 2.18. The number of carbonyl (C=O) groups excluding carboxylic acids is 1. The first-order valence-electron chi connectivity index (χ1n) is 5.82. The van der Waals surface area contributed by atoms with E-state index < -0.39 is 0 Å². The summed E-state index contributed by atoms with van der Waals surface area (Å²) in [6, 6.07) is 7.63. The third-order valence-corrected chi connectivity index (χ3v) is 3.49. The lowest BCUT2D eigenvalue weighted by Crippen LogP contribution is -2.33. The van der Waals surface area contributed by atoms with E-state index in [0.717, 1.165) is 4.90 Å². The van der Waals surface area contributed by atoms with Crippen molar-refractivity contribution in [3.05, 3.63) is 24.3 Å². The molecule has 0 saturated heterocycles. The molecule has 0 radical (unpaired) electrons. The molecule has 0 unspecified atom stereocenters. The number of hydrogen-bond acceptors (Lipinski definition) is 4. The molecule has 0 aliphatic carbocycles. The van der Waals surface area contributed by atoms with Gasteiger partial charge in [0.2, 0.25) is 0 Å². The van der Waals surface area contributed by atoms with E-state index in [1.165, 1.54) is 0 Å². The van der Waals surface area contributed by atoms with Gasteiger partial charge < -0.3 is 15.4 Å². The molecular formula is C13H18N2O2S2. The monoisotopic (exact) mass is 298 g/mol. The van der Waals surface area contributed by atoms with E-state index >= 15 is 0 Å². The Morgan fingerprint density at radius 2 is 2.05 bits per heavy atom. The molecule has 0 heterocycles. The maximum atomic E-state index is 11.8. The smallest absolute Gasteiger partial charge is 0.260 e. The third kappa shape index (κ3) is 5.94. The van der Waals surface area contributed by atoms with Crippen molar-refractivity contribution in [2.24, 2.45) is 5.73 Å². The van der Waals surface area contributed by atoms with Crippen LogP contribution in [0.4, 0.5) is 0 Å². The quantitative estimate of drug-likeness (QED) is 0.616. The summed E-state index contributed by atoms with van der Waals surface area (Å²) in [6.07, 6.45) is 2.54. The number of thioether (sulfide) groups is 1. The summed E-state index contributed by atoms with van der Waals surface area (Å²) in [5.41, 5.74) is 5.39. The fourth-order valence-corrected chi connectivity index (χ4v) is 1.83. The Morgan fingerprint density at radius 1 is 1.42 bits per heavy atom. The van der Waals surface area contributed by atoms with Gasteiger partial charge >= 0.3 is 0 Å². The van der Waals surface area contributed by atoms with Crippen molar-refractivity contribution in [1.82, 2.24) is 4.90 Å². The summed E-state index contributed by atoms with van der Waals surface area (Å²) in [6.45, 7) is 0.537. The Balaban J connectivity index is 2.38. The molecule has 4 nitrogen and oxygen atoms in total. The molecule has 104 valence electrons. The zero-order valence-electron chi connectivity index (χ0n) is 11.1. The summed E-state index contributed by atoms with van der Waals surface area (Å²) in [5.74, 6) is 0.596. The minimum Gasteiger partial charge on any atom is -0.484 e. The van der Waals surface area contributed by atoms with Crippen molar-refractivity contribution >= 4 is 34.9 Å². The van der Waals surface area contributed by atoms with Crippen LogP contribution >= 0.6 is 24.0 Å². The van der Waals surface area contributed by atoms with Gasteiger partial charge in [-0.25, -0.2) is 0 Å². The normalized spacial score (nSPS) is 10.0. The Kier molecular flexibility index (Phi) is 6.66. The van der Waals surface area contributed by atoms with E-state index in [1.54, 1.807) is 23.7 Å². The highest BCUT2D eigenvalue weighted by molar-refractivity contribution is 7.98. The molecular weight excluding hydrogens is 280 g/mol. The average molecular weight is 298 g/mol. The zero-order valence-corrected chi connectivity index (χ0v) is 12.7. The first-order chi connectivity index (χ1) is 9.02. The maximum Gasteiger partial charge on any atom is 0.260 e. The number of ether oxygens (including phenoxy) is 1. The number of benzene rings is 1. The lowest BCUT2D eigenvalue weighted by Gasteiger charge is -2.17. The molecule has 1 aromatic carbocycles. The van der Waals surface area contributed by atoms with Crippen molar-refractivity contribution in [2.75, 3.05) is 26.5 Å². The van der Waals surface area contributed by atoms with Crippen LogP contribution in [-0.4, -0.2) is 42.3 Å². The third-order valence-electron chi connectivity index (χ3n) is 2.54. The maximum absolute atomic E-state index is 11.8. The Bertz CT molecular complexity index is 435. The molecule has 19 heavy (non-hydrogen) atoms. The van der Waals surface area contributed by atoms with Gasteiger partial charge in [0.25, 0.3) is 5.91 Å². The number of carbonyl (C=O) groups is 1. The molecule has 0 aromatic heterocycles. The zero-order chi connectivity index (χ0) is 14.3. The van der Waals surface area contributed by atoms with Crippen LogP contribution in [0.3, 0.4) is 0 Å². The number of thiocarbonyl (C=S) groups is 1. The minimum atomic E-state index is -0.0924. The van der Waals surface area contributed by atoms with Crippen LogP contribution in [0.2, 0.25) is 0 Å². The number of likely N-dealkylation sites (N-methyl/N-ethyl adjacent to an activating group) is 1. The van der Waals surface area contributed by atoms with Crippen molar-refractivity contribution < 1.29 is 9.53 Å². The molecule has 0 saturated carbocycles. The van der Waals surface area contributed by atoms with Crippen LogP contribution in [0, 0.1) is 0 Å². The van der Waals surface area contributed by atoms with Gasteiger partial charge in [0, 0.05) is 24.9 Å². The molecule has 1 rings (SSSR count). The van der Waals surface area contributed by atoms with Gasteiger partial charge in [-0.05, 0) is 30.5 Å². The van der Waals surface area contributed by atoms with E-state index in [2.05, 4.69) is 0 Å². The Morgan fingerprint density at radius 3 is 2.58 bits per heavy atom. The highest BCUT2D eigenvalue weighted by atomic mass is 32.2. The highest BCUT2D eigenvalue weighted by Gasteiger charge is 2.09. The van der Waals surface area contributed by atoms with Crippen LogP contribution in [-0.2, 0) is 4.79 Å². The second kappa shape index (κ2) is 8.01. The van der Waals surface area contributed by atoms with Gasteiger partial charge in [0.15, 0.2) is 6.61 Å². The van der Waals surface area contributed by atoms with Gasteiger partial charge in [-0.3, -0.25) is 4.79 Å². The largest absolute Gasteiger partial charge is 0.484 e. The van der Waals surface area contributed by atoms with Gasteiger partial charge in [-0.1, -0.05) is 12.2 Å². The molecule has 0 aliphatic rings. The first kappa shape index (κ1) is 15.8. The lowest BCUT2D eigenvalue weighted by molar-refractivity contribution is -0.131. The summed E-state index contributed by atoms with van der Waals surface area (Å²) in [7, 11) is 1.71. The molecule has 2 N–H and O–H groups in total. The second-order valence-electron chi connectivity index (χ2n) is 4.00. The second-order valence-corrected chi connectivity index (χ2v) is 5.40. The summed E-state index contributed by atoms with van der Waals surface area (Å²) >= 11 is 6.43. The van der Waals surface area contributed by atoms with E-state index in [-0.39, 0.29) is 12.5 Å². The van der Waals surface area contributed by atoms with E-state index in [9.17, 15) is 4.79 Å². The van der Waals surface area contributed by atoms with Gasteiger partial charge in [-0.15, -0.1) is 11.8 Å². The molecule has 0 aliphatic heterocycles. The standard InChI is InChI=1S/C13H18N2O2S2/c1-15(8-7-12(14)18)13(16)9-17-10-3-5-11(19-2)6-4-10/h3-6H,7-9H2,1-2H3,(H2,14,18). The van der Waals surface area contributed by atoms with E-state index in [0.29, 0.717) is 23.7 Å². The molecule has 0 atom stereocenters. The minimum absolute atomic E-state index is 0.0203. The summed E-state index contributed by atoms with van der Waals surface area (Å²) in [4.78, 5) is 14.9. The fourth-order valence-electron chi connectivity index (χ4n) is 1.33. The van der Waals surface area contributed by atoms with Crippen molar-refractivity contribution in [3.63, 3.8) is 0 Å². The Hall–Kier alpha value is -1.27. The topological polar surface area (TPSA) is 55.6 Å². The lowest BCUT2D eigenvalue weighted by atomic mass is 10.3. The number of nitrogens with zero attached hydrogens (tertiary/aromatic N) is 1. The average Bonchev–Trinajstić information content (AvgIpc) is 2.42. The predicted molar refractivity (Wildman–Crippen MR) is 82.8 cm³/mol. The van der Waals surface area contributed by atoms with E-state index in [1.807, 2.05) is 30.5 Å². The van der Waals surface area contributed by atoms with Crippen molar-refractivity contribution in [1.29, 1.82) is 0 Å². The fraction of sp³-hybridized carbons (Fsp3) is 0.385. The predicted octanol–water partition coefficient (Wildman–Crippen LogP) is 1.92. The molecule has 1 amide bonds. The van der Waals surface area contributed by atoms with Crippen LogP contribution in [0.5, 0.6) is 5.75 Å². The number of nitrogens with two attached hydrogens (primary N) is 1. The van der Waals surface area contributed by atoms with Gasteiger partial charge in [0.05, 0.1) is 4.99 Å². The molecule has 6 heteroatoms. The van der Waals surface area contributed by atoms with Crippen LogP contribution in [0.15, 0.2) is 29.2 Å². The Labute approximate surface area is 123 Å². The summed E-state index contributed by atoms with van der Waals surface area (Å²) < 4.78 is 5.43. The number of hydrogen-bond donors (Lipinski definition) is 1. The first-order valence-corrected chi connectivity index (χ1v) is 7.45. The van der Waals surface area contributed by atoms with E-state index in [4.69, 9.17) is 22.7 Å². The van der Waals surface area contributed by atoms with Gasteiger partial charge in [0.1, 0.15) is 5.75 Å². The molecule has 0 fully saturated rings. The SMILES string of the molecule is CSc1ccc(OCC(=O)N(C)CCC(N)=S)cc1. The van der Waals surface area contributed by atoms with Crippen molar-refractivity contribution in [3.8, 4) is 5.75 Å². The number of rotatable bonds is 7.